The number of halogens is 1. The van der Waals surface area contributed by atoms with Crippen LogP contribution < -0.4 is 0 Å². The van der Waals surface area contributed by atoms with Crippen LogP contribution in [0.1, 0.15) is 32.6 Å². The number of aromatic nitrogens is 2. The molecule has 5 aromatic carbocycles. The fraction of sp³-hybridized carbons (Fsp3) is 0.0256. The van der Waals surface area contributed by atoms with Crippen LogP contribution >= 0.6 is 0 Å². The summed E-state index contributed by atoms with van der Waals surface area (Å²) in [5.74, 6) is -0.586. The molecule has 0 radical (unpaired) electrons. The van der Waals surface area contributed by atoms with E-state index in [-0.39, 0.29) is 5.78 Å². The summed E-state index contributed by atoms with van der Waals surface area (Å²) in [6.07, 6.45) is 8.53. The van der Waals surface area contributed by atoms with Crippen LogP contribution in [0.2, 0.25) is 0 Å². The summed E-state index contributed by atoms with van der Waals surface area (Å²) in [5.41, 5.74) is 5.64. The molecule has 2 aromatic heterocycles. The van der Waals surface area contributed by atoms with Gasteiger partial charge >= 0.3 is 0 Å². The summed E-state index contributed by atoms with van der Waals surface area (Å²) in [7, 11) is 0. The third-order valence-corrected chi connectivity index (χ3v) is 7.99. The lowest BCUT2D eigenvalue weighted by Gasteiger charge is -2.37. The fourth-order valence-corrected chi connectivity index (χ4v) is 5.92. The number of allylic oxidation sites excluding steroid dienone is 1. The molecule has 7 aromatic rings. The number of ketones is 1. The van der Waals surface area contributed by atoms with Crippen molar-refractivity contribution in [3.63, 3.8) is 0 Å². The van der Waals surface area contributed by atoms with E-state index in [4.69, 9.17) is 9.40 Å². The van der Waals surface area contributed by atoms with E-state index in [1.165, 1.54) is 18.2 Å². The van der Waals surface area contributed by atoms with Gasteiger partial charge in [-0.05, 0) is 70.8 Å². The van der Waals surface area contributed by atoms with Gasteiger partial charge in [-0.2, -0.15) is 0 Å². The van der Waals surface area contributed by atoms with Gasteiger partial charge in [-0.15, -0.1) is 0 Å². The first kappa shape index (κ1) is 27.0. The maximum absolute atomic E-state index is 14.6. The minimum absolute atomic E-state index is 0.190. The average Bonchev–Trinajstić information content (AvgIpc) is 3.76. The molecular weight excluding hydrogens is 547 g/mol. The maximum Gasteiger partial charge on any atom is 0.185 e. The molecule has 2 heterocycles. The Morgan fingerprint density at radius 1 is 0.750 bits per heavy atom. The van der Waals surface area contributed by atoms with Gasteiger partial charge in [0.25, 0.3) is 0 Å². The van der Waals surface area contributed by atoms with E-state index in [1.807, 2.05) is 73.2 Å². The number of rotatable bonds is 8. The van der Waals surface area contributed by atoms with E-state index in [0.717, 1.165) is 22.1 Å². The molecule has 5 heteroatoms. The van der Waals surface area contributed by atoms with Crippen molar-refractivity contribution in [2.24, 2.45) is 0 Å². The third kappa shape index (κ3) is 4.84. The van der Waals surface area contributed by atoms with Gasteiger partial charge in [-0.1, -0.05) is 97.1 Å². The van der Waals surface area contributed by atoms with Crippen molar-refractivity contribution in [2.45, 2.75) is 5.54 Å². The summed E-state index contributed by atoms with van der Waals surface area (Å²) in [5, 5.41) is 0.847. The molecule has 0 aliphatic rings. The number of carbonyl (C=O) groups is 1. The summed E-state index contributed by atoms with van der Waals surface area (Å²) in [4.78, 5) is 17.9. The first-order valence-electron chi connectivity index (χ1n) is 14.3. The molecule has 44 heavy (non-hydrogen) atoms. The molecule has 0 aliphatic heterocycles. The molecule has 7 rings (SSSR count). The number of carbonyl (C=O) groups excluding carboxylic acids is 1. The van der Waals surface area contributed by atoms with Crippen LogP contribution in [-0.2, 0) is 5.54 Å². The Morgan fingerprint density at radius 3 is 2.02 bits per heavy atom. The number of furan rings is 1. The second-order valence-corrected chi connectivity index (χ2v) is 10.6. The van der Waals surface area contributed by atoms with E-state index >= 15 is 0 Å². The van der Waals surface area contributed by atoms with Crippen LogP contribution in [-0.4, -0.2) is 15.3 Å². The van der Waals surface area contributed by atoms with Gasteiger partial charge in [0, 0.05) is 22.7 Å². The molecule has 0 bridgehead atoms. The number of benzene rings is 5. The lowest BCUT2D eigenvalue weighted by molar-refractivity contribution is 0.104. The zero-order valence-corrected chi connectivity index (χ0v) is 23.7. The van der Waals surface area contributed by atoms with E-state index in [0.29, 0.717) is 28.0 Å². The van der Waals surface area contributed by atoms with Gasteiger partial charge in [0.2, 0.25) is 0 Å². The quantitative estimate of drug-likeness (QED) is 0.103. The minimum atomic E-state index is -0.729. The Hall–Kier alpha value is -5.81. The SMILES string of the molecule is O=C(C=Cc1cc(F)ccc1-c1cn(C(c2ccccc2)(c2ccccc2)c2ccccc2)cn1)c1ccc2occc2c1. The average molecular weight is 575 g/mol. The monoisotopic (exact) mass is 574 g/mol. The van der Waals surface area contributed by atoms with Crippen LogP contribution in [0.4, 0.5) is 4.39 Å². The fourth-order valence-electron chi connectivity index (χ4n) is 5.92. The van der Waals surface area contributed by atoms with E-state index in [1.54, 1.807) is 36.6 Å². The molecule has 0 spiro atoms. The molecule has 4 nitrogen and oxygen atoms in total. The summed E-state index contributed by atoms with van der Waals surface area (Å²) in [6, 6.07) is 42.7. The summed E-state index contributed by atoms with van der Waals surface area (Å²) >= 11 is 0. The third-order valence-electron chi connectivity index (χ3n) is 7.99. The Balaban J connectivity index is 1.34. The first-order chi connectivity index (χ1) is 21.6. The van der Waals surface area contributed by atoms with Gasteiger partial charge in [0.05, 0.1) is 18.3 Å². The standard InChI is InChI=1S/C39H27FN2O2/c40-34-18-19-35(28(25-34)16-20-37(43)29-17-21-38-30(24-29)22-23-44-38)36-26-42(27-41-36)39(31-10-4-1-5-11-31,32-12-6-2-7-13-32)33-14-8-3-9-15-33/h1-27H. The second-order valence-electron chi connectivity index (χ2n) is 10.6. The van der Waals surface area contributed by atoms with Gasteiger partial charge < -0.3 is 8.98 Å². The van der Waals surface area contributed by atoms with Crippen LogP contribution in [0, 0.1) is 5.82 Å². The van der Waals surface area contributed by atoms with Crippen molar-refractivity contribution < 1.29 is 13.6 Å². The van der Waals surface area contributed by atoms with E-state index in [2.05, 4.69) is 41.0 Å². The Kier molecular flexibility index (Phi) is 7.05. The normalized spacial score (nSPS) is 11.8. The maximum atomic E-state index is 14.6. The highest BCUT2D eigenvalue weighted by atomic mass is 19.1. The van der Waals surface area contributed by atoms with Crippen LogP contribution in [0.25, 0.3) is 28.3 Å². The molecule has 0 fully saturated rings. The number of nitrogens with zero attached hydrogens (tertiary/aromatic N) is 2. The number of hydrogen-bond donors (Lipinski definition) is 0. The highest BCUT2D eigenvalue weighted by Gasteiger charge is 2.38. The largest absolute Gasteiger partial charge is 0.464 e. The molecule has 0 unspecified atom stereocenters. The number of fused-ring (bicyclic) bond motifs is 1. The van der Waals surface area contributed by atoms with Crippen molar-refractivity contribution in [3.8, 4) is 11.3 Å². The minimum Gasteiger partial charge on any atom is -0.464 e. The zero-order valence-electron chi connectivity index (χ0n) is 23.7. The predicted molar refractivity (Wildman–Crippen MR) is 172 cm³/mol. The van der Waals surface area contributed by atoms with Gasteiger partial charge in [0.15, 0.2) is 5.78 Å². The zero-order chi connectivity index (χ0) is 29.9. The lowest BCUT2D eigenvalue weighted by Crippen LogP contribution is -2.36. The molecule has 0 N–H and O–H groups in total. The molecule has 212 valence electrons. The van der Waals surface area contributed by atoms with E-state index in [9.17, 15) is 9.18 Å². The van der Waals surface area contributed by atoms with Crippen molar-refractivity contribution in [3.05, 3.63) is 192 Å². The van der Waals surface area contributed by atoms with Crippen LogP contribution in [0.15, 0.2) is 163 Å². The summed E-state index contributed by atoms with van der Waals surface area (Å²) in [6.45, 7) is 0. The molecule has 0 saturated heterocycles. The smallest absolute Gasteiger partial charge is 0.185 e. The van der Waals surface area contributed by atoms with Crippen molar-refractivity contribution in [1.82, 2.24) is 9.55 Å². The van der Waals surface area contributed by atoms with Crippen LogP contribution in [0.5, 0.6) is 0 Å². The Labute approximate surface area is 254 Å². The number of hydrogen-bond acceptors (Lipinski definition) is 3. The van der Waals surface area contributed by atoms with Crippen molar-refractivity contribution >= 4 is 22.8 Å². The predicted octanol–water partition coefficient (Wildman–Crippen LogP) is 9.17. The highest BCUT2D eigenvalue weighted by Crippen LogP contribution is 2.41. The van der Waals surface area contributed by atoms with Crippen LogP contribution in [0.3, 0.4) is 0 Å². The first-order valence-corrected chi connectivity index (χ1v) is 14.3. The molecule has 0 saturated carbocycles. The Morgan fingerprint density at radius 2 is 1.39 bits per heavy atom. The molecule has 0 amide bonds. The summed E-state index contributed by atoms with van der Waals surface area (Å²) < 4.78 is 22.1. The highest BCUT2D eigenvalue weighted by molar-refractivity contribution is 6.08. The van der Waals surface area contributed by atoms with Crippen molar-refractivity contribution in [2.75, 3.05) is 0 Å². The Bertz CT molecular complexity index is 2000. The van der Waals surface area contributed by atoms with Gasteiger partial charge in [-0.3, -0.25) is 4.79 Å². The second kappa shape index (κ2) is 11.5. The topological polar surface area (TPSA) is 48.0 Å². The van der Waals surface area contributed by atoms with Crippen molar-refractivity contribution in [1.29, 1.82) is 0 Å². The van der Waals surface area contributed by atoms with Gasteiger partial charge in [-0.25, -0.2) is 9.37 Å². The molecule has 0 aliphatic carbocycles. The molecular formula is C39H27FN2O2. The number of imidazole rings is 1. The van der Waals surface area contributed by atoms with Gasteiger partial charge in [0.1, 0.15) is 16.9 Å². The van der Waals surface area contributed by atoms with E-state index < -0.39 is 11.4 Å². The lowest BCUT2D eigenvalue weighted by atomic mass is 9.77. The molecule has 0 atom stereocenters.